The Hall–Kier alpha value is -0.540. The highest BCUT2D eigenvalue weighted by atomic mass is 79.9. The van der Waals surface area contributed by atoms with Gasteiger partial charge in [-0.3, -0.25) is 0 Å². The molecule has 1 aromatic carbocycles. The molecule has 0 aliphatic rings. The number of halogens is 1. The van der Waals surface area contributed by atoms with Crippen LogP contribution >= 0.6 is 15.9 Å². The lowest BCUT2D eigenvalue weighted by atomic mass is 10.0. The molecule has 1 unspecified atom stereocenters. The Bertz CT molecular complexity index is 388. The maximum Gasteiger partial charge on any atom is 0.0510 e. The predicted octanol–water partition coefficient (Wildman–Crippen LogP) is 4.34. The van der Waals surface area contributed by atoms with Gasteiger partial charge in [-0.05, 0) is 59.8 Å². The first-order chi connectivity index (χ1) is 8.32. The lowest BCUT2D eigenvalue weighted by molar-refractivity contribution is 0.504. The van der Waals surface area contributed by atoms with E-state index in [-0.39, 0.29) is 6.04 Å². The molecule has 2 N–H and O–H groups in total. The number of nitrogens with zero attached hydrogens (tertiary/aromatic N) is 1. The molecule has 1 rings (SSSR count). The number of benzene rings is 1. The van der Waals surface area contributed by atoms with Crippen molar-refractivity contribution in [3.63, 3.8) is 0 Å². The fourth-order valence-corrected chi connectivity index (χ4v) is 2.85. The number of hydrogen-bond donors (Lipinski definition) is 1. The first-order valence-electron chi connectivity index (χ1n) is 6.60. The van der Waals surface area contributed by atoms with E-state index in [2.05, 4.69) is 66.8 Å². The summed E-state index contributed by atoms with van der Waals surface area (Å²) in [6, 6.07) is 7.00. The second kappa shape index (κ2) is 6.58. The molecule has 102 valence electrons. The number of nitrogens with two attached hydrogens (primary N) is 1. The van der Waals surface area contributed by atoms with E-state index in [0.29, 0.717) is 12.0 Å². The van der Waals surface area contributed by atoms with Gasteiger partial charge >= 0.3 is 0 Å². The van der Waals surface area contributed by atoms with Crippen molar-refractivity contribution in [1.82, 2.24) is 0 Å². The minimum Gasteiger partial charge on any atom is -0.371 e. The van der Waals surface area contributed by atoms with E-state index in [9.17, 15) is 0 Å². The van der Waals surface area contributed by atoms with Crippen molar-refractivity contribution in [3.05, 3.63) is 28.2 Å². The normalized spacial score (nSPS) is 14.7. The highest BCUT2D eigenvalue weighted by Gasteiger charge is 2.14. The molecule has 0 saturated heterocycles. The summed E-state index contributed by atoms with van der Waals surface area (Å²) in [7, 11) is 2.15. The van der Waals surface area contributed by atoms with Gasteiger partial charge in [-0.25, -0.2) is 0 Å². The Morgan fingerprint density at radius 2 is 1.83 bits per heavy atom. The van der Waals surface area contributed by atoms with E-state index in [1.54, 1.807) is 0 Å². The summed E-state index contributed by atoms with van der Waals surface area (Å²) in [6.45, 7) is 8.80. The lowest BCUT2D eigenvalue weighted by Gasteiger charge is -2.29. The van der Waals surface area contributed by atoms with Gasteiger partial charge in [-0.1, -0.05) is 19.9 Å². The smallest absolute Gasteiger partial charge is 0.0510 e. The summed E-state index contributed by atoms with van der Waals surface area (Å²) in [4.78, 5) is 2.33. The third-order valence-electron chi connectivity index (χ3n) is 3.35. The minimum absolute atomic E-state index is 0.0775. The van der Waals surface area contributed by atoms with Gasteiger partial charge in [-0.15, -0.1) is 0 Å². The van der Waals surface area contributed by atoms with E-state index in [1.165, 1.54) is 12.1 Å². The summed E-state index contributed by atoms with van der Waals surface area (Å²) in [6.07, 6.45) is 1.19. The fourth-order valence-electron chi connectivity index (χ4n) is 2.17. The quantitative estimate of drug-likeness (QED) is 0.876. The molecular weight excluding hydrogens is 288 g/mol. The molecule has 0 spiro atoms. The van der Waals surface area contributed by atoms with Gasteiger partial charge in [0, 0.05) is 23.6 Å². The molecule has 2 nitrogen and oxygen atoms in total. The molecule has 0 bridgehead atoms. The van der Waals surface area contributed by atoms with Crippen LogP contribution in [0.25, 0.3) is 0 Å². The van der Waals surface area contributed by atoms with Gasteiger partial charge in [0.05, 0.1) is 5.69 Å². The molecule has 1 aromatic rings. The van der Waals surface area contributed by atoms with Crippen LogP contribution in [0, 0.1) is 5.92 Å². The SMILES string of the molecule is CC(C)CC(C)N(C)c1ccc([C@@H](C)N)cc1Br. The minimum atomic E-state index is 0.0775. The summed E-state index contributed by atoms with van der Waals surface area (Å²) >= 11 is 3.65. The van der Waals surface area contributed by atoms with E-state index >= 15 is 0 Å². The Kier molecular flexibility index (Phi) is 5.67. The zero-order valence-corrected chi connectivity index (χ0v) is 13.7. The van der Waals surface area contributed by atoms with Crippen LogP contribution in [0.15, 0.2) is 22.7 Å². The lowest BCUT2D eigenvalue weighted by Crippen LogP contribution is -2.30. The zero-order chi connectivity index (χ0) is 13.9. The third-order valence-corrected chi connectivity index (χ3v) is 3.99. The van der Waals surface area contributed by atoms with Crippen molar-refractivity contribution >= 4 is 21.6 Å². The molecule has 0 saturated carbocycles. The Balaban J connectivity index is 2.89. The highest BCUT2D eigenvalue weighted by Crippen LogP contribution is 2.30. The van der Waals surface area contributed by atoms with Crippen molar-refractivity contribution in [3.8, 4) is 0 Å². The molecule has 0 amide bonds. The summed E-state index contributed by atoms with van der Waals surface area (Å²) in [5.74, 6) is 0.713. The van der Waals surface area contributed by atoms with E-state index in [0.717, 1.165) is 10.0 Å². The second-order valence-electron chi connectivity index (χ2n) is 5.59. The van der Waals surface area contributed by atoms with E-state index < -0.39 is 0 Å². The largest absolute Gasteiger partial charge is 0.371 e. The van der Waals surface area contributed by atoms with Crippen LogP contribution in [-0.4, -0.2) is 13.1 Å². The van der Waals surface area contributed by atoms with Crippen LogP contribution in [0.1, 0.15) is 45.7 Å². The van der Waals surface area contributed by atoms with Crippen LogP contribution in [0.2, 0.25) is 0 Å². The molecule has 3 heteroatoms. The van der Waals surface area contributed by atoms with Crippen LogP contribution in [0.3, 0.4) is 0 Å². The molecule has 0 aliphatic heterocycles. The number of anilines is 1. The molecule has 2 atom stereocenters. The maximum atomic E-state index is 5.90. The summed E-state index contributed by atoms with van der Waals surface area (Å²) in [5, 5.41) is 0. The molecule has 0 heterocycles. The summed E-state index contributed by atoms with van der Waals surface area (Å²) in [5.41, 5.74) is 8.29. The molecule has 0 aromatic heterocycles. The van der Waals surface area contributed by atoms with Crippen molar-refractivity contribution in [1.29, 1.82) is 0 Å². The standard InChI is InChI=1S/C15H25BrN2/c1-10(2)8-11(3)18(5)15-7-6-13(12(4)17)9-14(15)16/h6-7,9-12H,8,17H2,1-5H3/t11?,12-/m1/s1. The molecular formula is C15H25BrN2. The molecule has 0 aliphatic carbocycles. The number of rotatable bonds is 5. The van der Waals surface area contributed by atoms with Crippen LogP contribution in [0.4, 0.5) is 5.69 Å². The van der Waals surface area contributed by atoms with Crippen molar-refractivity contribution in [2.45, 2.75) is 46.2 Å². The topological polar surface area (TPSA) is 29.3 Å². The monoisotopic (exact) mass is 312 g/mol. The molecule has 0 radical (unpaired) electrons. The van der Waals surface area contributed by atoms with Gasteiger partial charge in [0.25, 0.3) is 0 Å². The van der Waals surface area contributed by atoms with Gasteiger partial charge in [0.2, 0.25) is 0 Å². The van der Waals surface area contributed by atoms with Crippen LogP contribution in [-0.2, 0) is 0 Å². The van der Waals surface area contributed by atoms with Crippen molar-refractivity contribution < 1.29 is 0 Å². The Labute approximate surface area is 120 Å². The molecule has 0 fully saturated rings. The van der Waals surface area contributed by atoms with Gasteiger partial charge in [0.1, 0.15) is 0 Å². The zero-order valence-electron chi connectivity index (χ0n) is 12.1. The van der Waals surface area contributed by atoms with Gasteiger partial charge in [0.15, 0.2) is 0 Å². The maximum absolute atomic E-state index is 5.90. The van der Waals surface area contributed by atoms with Gasteiger partial charge < -0.3 is 10.6 Å². The second-order valence-corrected chi connectivity index (χ2v) is 6.44. The van der Waals surface area contributed by atoms with Crippen molar-refractivity contribution in [2.24, 2.45) is 11.7 Å². The fraction of sp³-hybridized carbons (Fsp3) is 0.600. The average molecular weight is 313 g/mol. The Morgan fingerprint density at radius 3 is 2.28 bits per heavy atom. The van der Waals surface area contributed by atoms with Crippen LogP contribution in [0.5, 0.6) is 0 Å². The van der Waals surface area contributed by atoms with E-state index in [4.69, 9.17) is 5.73 Å². The van der Waals surface area contributed by atoms with Crippen molar-refractivity contribution in [2.75, 3.05) is 11.9 Å². The first-order valence-corrected chi connectivity index (χ1v) is 7.40. The Morgan fingerprint density at radius 1 is 1.22 bits per heavy atom. The predicted molar refractivity (Wildman–Crippen MR) is 84.1 cm³/mol. The number of hydrogen-bond acceptors (Lipinski definition) is 2. The molecule has 18 heavy (non-hydrogen) atoms. The van der Waals surface area contributed by atoms with Crippen LogP contribution < -0.4 is 10.6 Å². The first kappa shape index (κ1) is 15.5. The third kappa shape index (κ3) is 3.99. The highest BCUT2D eigenvalue weighted by molar-refractivity contribution is 9.10. The van der Waals surface area contributed by atoms with Gasteiger partial charge in [-0.2, -0.15) is 0 Å². The summed E-state index contributed by atoms with van der Waals surface area (Å²) < 4.78 is 1.12. The average Bonchev–Trinajstić information content (AvgIpc) is 2.26. The van der Waals surface area contributed by atoms with E-state index in [1.807, 2.05) is 6.92 Å².